The van der Waals surface area contributed by atoms with Crippen molar-refractivity contribution in [2.45, 2.75) is 0 Å². The van der Waals surface area contributed by atoms with Gasteiger partial charge in [0.15, 0.2) is 0 Å². The summed E-state index contributed by atoms with van der Waals surface area (Å²) in [6, 6.07) is 15.3. The monoisotopic (exact) mass is 294 g/mol. The van der Waals surface area contributed by atoms with Crippen molar-refractivity contribution in [3.05, 3.63) is 60.3 Å². The molecular formula is C17H14N2O3. The van der Waals surface area contributed by atoms with Crippen molar-refractivity contribution < 1.29 is 14.6 Å². The molecule has 5 heteroatoms. The van der Waals surface area contributed by atoms with Gasteiger partial charge in [-0.15, -0.1) is 0 Å². The second-order valence-corrected chi connectivity index (χ2v) is 4.76. The fraction of sp³-hybridized carbons (Fsp3) is 0.0588. The number of methoxy groups -OCH3 is 1. The number of phenolic OH excluding ortho intramolecular Hbond substituents is 1. The van der Waals surface area contributed by atoms with Gasteiger partial charge in [0, 0.05) is 17.1 Å². The summed E-state index contributed by atoms with van der Waals surface area (Å²) in [5.41, 5.74) is 1.60. The number of hydrogen-bond donors (Lipinski definition) is 2. The number of benzene rings is 2. The Labute approximate surface area is 127 Å². The van der Waals surface area contributed by atoms with Crippen LogP contribution in [0.25, 0.3) is 10.9 Å². The maximum Gasteiger partial charge on any atom is 0.274 e. The number of amides is 1. The number of ether oxygens (including phenoxy) is 1. The van der Waals surface area contributed by atoms with Gasteiger partial charge in [-0.2, -0.15) is 0 Å². The zero-order valence-corrected chi connectivity index (χ0v) is 11.9. The zero-order valence-electron chi connectivity index (χ0n) is 11.9. The molecular weight excluding hydrogens is 280 g/mol. The van der Waals surface area contributed by atoms with Gasteiger partial charge in [-0.25, -0.2) is 4.98 Å². The van der Waals surface area contributed by atoms with Crippen molar-refractivity contribution in [1.29, 1.82) is 0 Å². The molecule has 0 unspecified atom stereocenters. The van der Waals surface area contributed by atoms with Gasteiger partial charge >= 0.3 is 0 Å². The first-order chi connectivity index (χ1) is 10.7. The van der Waals surface area contributed by atoms with Crippen LogP contribution in [0.3, 0.4) is 0 Å². The van der Waals surface area contributed by atoms with Gasteiger partial charge in [-0.3, -0.25) is 4.79 Å². The number of phenols is 1. The molecule has 3 aromatic rings. The van der Waals surface area contributed by atoms with Crippen LogP contribution < -0.4 is 10.1 Å². The molecule has 22 heavy (non-hydrogen) atoms. The highest BCUT2D eigenvalue weighted by atomic mass is 16.5. The third-order valence-corrected chi connectivity index (χ3v) is 3.26. The summed E-state index contributed by atoms with van der Waals surface area (Å²) in [4.78, 5) is 16.6. The lowest BCUT2D eigenvalue weighted by Crippen LogP contribution is -2.13. The summed E-state index contributed by atoms with van der Waals surface area (Å²) < 4.78 is 5.17. The van der Waals surface area contributed by atoms with Gasteiger partial charge in [0.2, 0.25) is 0 Å². The molecule has 1 heterocycles. The smallest absolute Gasteiger partial charge is 0.274 e. The van der Waals surface area contributed by atoms with E-state index in [0.717, 1.165) is 5.39 Å². The standard InChI is InChI=1S/C17H14N2O3/c1-22-14-8-2-11-3-9-15(19-16(11)10-14)17(21)18-12-4-6-13(20)7-5-12/h2-10,20H,1H3,(H,18,21). The second kappa shape index (κ2) is 5.73. The van der Waals surface area contributed by atoms with Crippen LogP contribution in [0.1, 0.15) is 10.5 Å². The number of nitrogens with one attached hydrogen (secondary N) is 1. The van der Waals surface area contributed by atoms with Crippen molar-refractivity contribution in [3.63, 3.8) is 0 Å². The molecule has 5 nitrogen and oxygen atoms in total. The number of aromatic hydroxyl groups is 1. The number of carbonyl (C=O) groups excluding carboxylic acids is 1. The van der Waals surface area contributed by atoms with Crippen LogP contribution in [0.4, 0.5) is 5.69 Å². The minimum absolute atomic E-state index is 0.147. The van der Waals surface area contributed by atoms with E-state index in [9.17, 15) is 9.90 Å². The highest BCUT2D eigenvalue weighted by molar-refractivity contribution is 6.04. The Morgan fingerprint density at radius 1 is 1.09 bits per heavy atom. The van der Waals surface area contributed by atoms with E-state index >= 15 is 0 Å². The molecule has 0 spiro atoms. The van der Waals surface area contributed by atoms with Gasteiger partial charge in [-0.1, -0.05) is 6.07 Å². The van der Waals surface area contributed by atoms with Crippen LogP contribution >= 0.6 is 0 Å². The van der Waals surface area contributed by atoms with Gasteiger partial charge < -0.3 is 15.2 Å². The van der Waals surface area contributed by atoms with Gasteiger partial charge in [-0.05, 0) is 42.5 Å². The van der Waals surface area contributed by atoms with E-state index in [-0.39, 0.29) is 11.7 Å². The fourth-order valence-electron chi connectivity index (χ4n) is 2.09. The number of carbonyl (C=O) groups is 1. The molecule has 0 bridgehead atoms. The van der Waals surface area contributed by atoms with E-state index in [1.807, 2.05) is 18.2 Å². The number of aromatic nitrogens is 1. The lowest BCUT2D eigenvalue weighted by molar-refractivity contribution is 0.102. The van der Waals surface area contributed by atoms with Crippen molar-refractivity contribution in [2.75, 3.05) is 12.4 Å². The van der Waals surface area contributed by atoms with E-state index in [1.54, 1.807) is 31.4 Å². The highest BCUT2D eigenvalue weighted by Crippen LogP contribution is 2.20. The number of hydrogen-bond acceptors (Lipinski definition) is 4. The molecule has 0 aliphatic heterocycles. The Kier molecular flexibility index (Phi) is 3.62. The average molecular weight is 294 g/mol. The van der Waals surface area contributed by atoms with E-state index in [1.165, 1.54) is 12.1 Å². The first kappa shape index (κ1) is 13.9. The van der Waals surface area contributed by atoms with Gasteiger partial charge in [0.1, 0.15) is 17.2 Å². The molecule has 2 N–H and O–H groups in total. The summed E-state index contributed by atoms with van der Waals surface area (Å²) in [6.45, 7) is 0. The lowest BCUT2D eigenvalue weighted by Gasteiger charge is -2.06. The van der Waals surface area contributed by atoms with Crippen molar-refractivity contribution in [3.8, 4) is 11.5 Å². The molecule has 1 amide bonds. The molecule has 3 rings (SSSR count). The summed E-state index contributed by atoms with van der Waals surface area (Å²) in [7, 11) is 1.59. The Bertz CT molecular complexity index is 829. The zero-order chi connectivity index (χ0) is 15.5. The highest BCUT2D eigenvalue weighted by Gasteiger charge is 2.09. The predicted octanol–water partition coefficient (Wildman–Crippen LogP) is 3.20. The number of rotatable bonds is 3. The Hall–Kier alpha value is -3.08. The second-order valence-electron chi connectivity index (χ2n) is 4.76. The Balaban J connectivity index is 1.88. The average Bonchev–Trinajstić information content (AvgIpc) is 2.55. The predicted molar refractivity (Wildman–Crippen MR) is 84.4 cm³/mol. The molecule has 0 fully saturated rings. The molecule has 2 aromatic carbocycles. The van der Waals surface area contributed by atoms with Crippen LogP contribution in [0.5, 0.6) is 11.5 Å². The van der Waals surface area contributed by atoms with Gasteiger partial charge in [0.25, 0.3) is 5.91 Å². The first-order valence-electron chi connectivity index (χ1n) is 6.71. The largest absolute Gasteiger partial charge is 0.508 e. The van der Waals surface area contributed by atoms with Crippen LogP contribution in [0.2, 0.25) is 0 Å². The summed E-state index contributed by atoms with van der Waals surface area (Å²) in [5.74, 6) is 0.528. The maximum atomic E-state index is 12.2. The molecule has 0 aliphatic rings. The van der Waals surface area contributed by atoms with Crippen LogP contribution in [-0.2, 0) is 0 Å². The number of anilines is 1. The number of pyridine rings is 1. The molecule has 0 saturated heterocycles. The van der Waals surface area contributed by atoms with E-state index < -0.39 is 0 Å². The fourth-order valence-corrected chi connectivity index (χ4v) is 2.09. The SMILES string of the molecule is COc1ccc2ccc(C(=O)Nc3ccc(O)cc3)nc2c1. The molecule has 0 aliphatic carbocycles. The molecule has 110 valence electrons. The van der Waals surface area contributed by atoms with E-state index in [2.05, 4.69) is 10.3 Å². The van der Waals surface area contributed by atoms with Crippen molar-refractivity contribution in [1.82, 2.24) is 4.98 Å². The molecule has 0 saturated carbocycles. The summed E-state index contributed by atoms with van der Waals surface area (Å²) in [6.07, 6.45) is 0. The van der Waals surface area contributed by atoms with Crippen LogP contribution in [0.15, 0.2) is 54.6 Å². The van der Waals surface area contributed by atoms with E-state index in [4.69, 9.17) is 4.74 Å². The maximum absolute atomic E-state index is 12.2. The van der Waals surface area contributed by atoms with Crippen LogP contribution in [0, 0.1) is 0 Å². The van der Waals surface area contributed by atoms with Crippen molar-refractivity contribution >= 4 is 22.5 Å². The molecule has 0 atom stereocenters. The Morgan fingerprint density at radius 3 is 2.55 bits per heavy atom. The quantitative estimate of drug-likeness (QED) is 0.728. The summed E-state index contributed by atoms with van der Waals surface area (Å²) in [5, 5.41) is 12.9. The number of fused-ring (bicyclic) bond motifs is 1. The van der Waals surface area contributed by atoms with Gasteiger partial charge in [0.05, 0.1) is 12.6 Å². The molecule has 1 aromatic heterocycles. The normalized spacial score (nSPS) is 10.4. The first-order valence-corrected chi connectivity index (χ1v) is 6.71. The number of nitrogens with zero attached hydrogens (tertiary/aromatic N) is 1. The van der Waals surface area contributed by atoms with Crippen LogP contribution in [-0.4, -0.2) is 23.1 Å². The minimum Gasteiger partial charge on any atom is -0.508 e. The summed E-state index contributed by atoms with van der Waals surface area (Å²) >= 11 is 0. The third kappa shape index (κ3) is 2.83. The van der Waals surface area contributed by atoms with E-state index in [0.29, 0.717) is 22.6 Å². The minimum atomic E-state index is -0.310. The molecule has 0 radical (unpaired) electrons. The lowest BCUT2D eigenvalue weighted by atomic mass is 10.2. The third-order valence-electron chi connectivity index (χ3n) is 3.26. The van der Waals surface area contributed by atoms with Crippen molar-refractivity contribution in [2.24, 2.45) is 0 Å². The Morgan fingerprint density at radius 2 is 1.82 bits per heavy atom. The topological polar surface area (TPSA) is 71.5 Å².